The molecule has 0 bridgehead atoms. The minimum atomic E-state index is 0.145. The third-order valence-corrected chi connectivity index (χ3v) is 6.23. The standard InChI is InChI=1S/C17H31N3O/c1-12-4-6-14(7-5-12)19-16(21)11-20-10-13-8-18-9-15(13)17(20,2)3/h12-15,18H,4-11H2,1-3H3,(H,19,21). The largest absolute Gasteiger partial charge is 0.352 e. The lowest BCUT2D eigenvalue weighted by Gasteiger charge is -2.36. The number of rotatable bonds is 3. The highest BCUT2D eigenvalue weighted by atomic mass is 16.2. The Morgan fingerprint density at radius 2 is 1.95 bits per heavy atom. The number of carbonyl (C=O) groups is 1. The van der Waals surface area contributed by atoms with Gasteiger partial charge in [0.05, 0.1) is 6.54 Å². The lowest BCUT2D eigenvalue weighted by Crippen LogP contribution is -2.50. The Bertz CT molecular complexity index is 387. The van der Waals surface area contributed by atoms with Gasteiger partial charge in [-0.2, -0.15) is 0 Å². The number of hydrogen-bond acceptors (Lipinski definition) is 3. The molecule has 120 valence electrons. The molecule has 0 spiro atoms. The van der Waals surface area contributed by atoms with Crippen LogP contribution in [0.4, 0.5) is 0 Å². The Morgan fingerprint density at radius 1 is 1.24 bits per heavy atom. The van der Waals surface area contributed by atoms with Gasteiger partial charge in [-0.3, -0.25) is 9.69 Å². The number of fused-ring (bicyclic) bond motifs is 1. The molecule has 3 fully saturated rings. The highest BCUT2D eigenvalue weighted by molar-refractivity contribution is 5.78. The predicted molar refractivity (Wildman–Crippen MR) is 85.1 cm³/mol. The van der Waals surface area contributed by atoms with Crippen LogP contribution in [0.5, 0.6) is 0 Å². The van der Waals surface area contributed by atoms with Crippen LogP contribution in [0.25, 0.3) is 0 Å². The summed E-state index contributed by atoms with van der Waals surface area (Å²) in [5.74, 6) is 2.49. The first-order valence-electron chi connectivity index (χ1n) is 8.72. The number of likely N-dealkylation sites (tertiary alicyclic amines) is 1. The Kier molecular flexibility index (Phi) is 4.28. The van der Waals surface area contributed by atoms with Gasteiger partial charge in [-0.25, -0.2) is 0 Å². The van der Waals surface area contributed by atoms with E-state index in [-0.39, 0.29) is 11.4 Å². The zero-order valence-electron chi connectivity index (χ0n) is 13.8. The molecular weight excluding hydrogens is 262 g/mol. The highest BCUT2D eigenvalue weighted by Crippen LogP contribution is 2.40. The lowest BCUT2D eigenvalue weighted by molar-refractivity contribution is -0.124. The average molecular weight is 293 g/mol. The first-order chi connectivity index (χ1) is 9.96. The van der Waals surface area contributed by atoms with Gasteiger partial charge in [-0.1, -0.05) is 6.92 Å². The van der Waals surface area contributed by atoms with Crippen LogP contribution < -0.4 is 10.6 Å². The van der Waals surface area contributed by atoms with E-state index < -0.39 is 0 Å². The second-order valence-corrected chi connectivity index (χ2v) is 8.08. The van der Waals surface area contributed by atoms with Crippen LogP contribution in [0, 0.1) is 17.8 Å². The number of nitrogens with one attached hydrogen (secondary N) is 2. The smallest absolute Gasteiger partial charge is 0.234 e. The van der Waals surface area contributed by atoms with Gasteiger partial charge >= 0.3 is 0 Å². The maximum absolute atomic E-state index is 12.4. The predicted octanol–water partition coefficient (Wildman–Crippen LogP) is 1.61. The van der Waals surface area contributed by atoms with Crippen molar-refractivity contribution in [3.05, 3.63) is 0 Å². The molecule has 2 atom stereocenters. The third kappa shape index (κ3) is 3.11. The summed E-state index contributed by atoms with van der Waals surface area (Å²) in [5, 5.41) is 6.77. The molecule has 2 N–H and O–H groups in total. The summed E-state index contributed by atoms with van der Waals surface area (Å²) in [6.07, 6.45) is 4.84. The molecule has 2 unspecified atom stereocenters. The van der Waals surface area contributed by atoms with Crippen molar-refractivity contribution in [3.8, 4) is 0 Å². The monoisotopic (exact) mass is 293 g/mol. The van der Waals surface area contributed by atoms with E-state index in [1.165, 1.54) is 12.8 Å². The highest BCUT2D eigenvalue weighted by Gasteiger charge is 2.49. The van der Waals surface area contributed by atoms with Crippen molar-refractivity contribution in [2.75, 3.05) is 26.2 Å². The van der Waals surface area contributed by atoms with Gasteiger partial charge in [0, 0.05) is 24.7 Å². The van der Waals surface area contributed by atoms with Crippen molar-refractivity contribution in [1.82, 2.24) is 15.5 Å². The van der Waals surface area contributed by atoms with E-state index in [2.05, 4.69) is 36.3 Å². The fourth-order valence-corrected chi connectivity index (χ4v) is 4.62. The minimum absolute atomic E-state index is 0.145. The molecule has 2 aliphatic heterocycles. The summed E-state index contributed by atoms with van der Waals surface area (Å²) in [5.41, 5.74) is 0.145. The molecule has 4 heteroatoms. The van der Waals surface area contributed by atoms with Crippen LogP contribution in [0.2, 0.25) is 0 Å². The summed E-state index contributed by atoms with van der Waals surface area (Å²) in [6.45, 7) is 10.8. The maximum Gasteiger partial charge on any atom is 0.234 e. The van der Waals surface area contributed by atoms with Crippen molar-refractivity contribution < 1.29 is 4.79 Å². The zero-order valence-corrected chi connectivity index (χ0v) is 13.8. The fraction of sp³-hybridized carbons (Fsp3) is 0.941. The second-order valence-electron chi connectivity index (χ2n) is 8.08. The van der Waals surface area contributed by atoms with Crippen molar-refractivity contribution >= 4 is 5.91 Å². The molecule has 2 heterocycles. The van der Waals surface area contributed by atoms with Crippen LogP contribution in [0.15, 0.2) is 0 Å². The average Bonchev–Trinajstić information content (AvgIpc) is 2.97. The Morgan fingerprint density at radius 3 is 2.62 bits per heavy atom. The molecule has 3 rings (SSSR count). The molecule has 0 aromatic heterocycles. The van der Waals surface area contributed by atoms with Gasteiger partial charge in [-0.05, 0) is 63.8 Å². The third-order valence-electron chi connectivity index (χ3n) is 6.23. The minimum Gasteiger partial charge on any atom is -0.352 e. The molecule has 21 heavy (non-hydrogen) atoms. The van der Waals surface area contributed by atoms with Gasteiger partial charge in [0.15, 0.2) is 0 Å². The van der Waals surface area contributed by atoms with E-state index >= 15 is 0 Å². The molecule has 0 aromatic carbocycles. The van der Waals surface area contributed by atoms with Gasteiger partial charge in [0.25, 0.3) is 0 Å². The lowest BCUT2D eigenvalue weighted by atomic mass is 9.85. The molecule has 1 amide bonds. The van der Waals surface area contributed by atoms with Gasteiger partial charge < -0.3 is 10.6 Å². The van der Waals surface area contributed by atoms with E-state index in [0.717, 1.165) is 44.3 Å². The molecule has 1 aliphatic carbocycles. The van der Waals surface area contributed by atoms with Crippen LogP contribution >= 0.6 is 0 Å². The summed E-state index contributed by atoms with van der Waals surface area (Å²) >= 11 is 0. The molecule has 0 radical (unpaired) electrons. The summed E-state index contributed by atoms with van der Waals surface area (Å²) < 4.78 is 0. The van der Waals surface area contributed by atoms with Gasteiger partial charge in [0.2, 0.25) is 5.91 Å². The number of hydrogen-bond donors (Lipinski definition) is 2. The normalized spacial score (nSPS) is 39.2. The Hall–Kier alpha value is -0.610. The van der Waals surface area contributed by atoms with E-state index in [9.17, 15) is 4.79 Å². The van der Waals surface area contributed by atoms with Gasteiger partial charge in [0.1, 0.15) is 0 Å². The molecule has 3 aliphatic rings. The van der Waals surface area contributed by atoms with Crippen LogP contribution in [0.3, 0.4) is 0 Å². The molecular formula is C17H31N3O. The van der Waals surface area contributed by atoms with Crippen LogP contribution in [-0.2, 0) is 4.79 Å². The quantitative estimate of drug-likeness (QED) is 0.831. The van der Waals surface area contributed by atoms with Crippen molar-refractivity contribution in [1.29, 1.82) is 0 Å². The van der Waals surface area contributed by atoms with Crippen molar-refractivity contribution in [2.45, 2.75) is 58.0 Å². The molecule has 1 saturated carbocycles. The molecule has 4 nitrogen and oxygen atoms in total. The summed E-state index contributed by atoms with van der Waals surface area (Å²) in [4.78, 5) is 14.8. The van der Waals surface area contributed by atoms with E-state index in [4.69, 9.17) is 0 Å². The van der Waals surface area contributed by atoms with Gasteiger partial charge in [-0.15, -0.1) is 0 Å². The topological polar surface area (TPSA) is 44.4 Å². The Balaban J connectivity index is 1.51. The van der Waals surface area contributed by atoms with E-state index in [0.29, 0.717) is 18.5 Å². The van der Waals surface area contributed by atoms with E-state index in [1.54, 1.807) is 0 Å². The molecule has 0 aromatic rings. The van der Waals surface area contributed by atoms with Crippen LogP contribution in [-0.4, -0.2) is 48.6 Å². The van der Waals surface area contributed by atoms with Crippen molar-refractivity contribution in [2.24, 2.45) is 17.8 Å². The number of amides is 1. The Labute approximate surface area is 129 Å². The molecule has 2 saturated heterocycles. The van der Waals surface area contributed by atoms with E-state index in [1.807, 2.05) is 0 Å². The number of carbonyl (C=O) groups excluding carboxylic acids is 1. The SMILES string of the molecule is CC1CCC(NC(=O)CN2CC3CNCC3C2(C)C)CC1. The van der Waals surface area contributed by atoms with Crippen molar-refractivity contribution in [3.63, 3.8) is 0 Å². The second kappa shape index (κ2) is 5.88. The zero-order chi connectivity index (χ0) is 15.0. The first-order valence-corrected chi connectivity index (χ1v) is 8.72. The summed E-state index contributed by atoms with van der Waals surface area (Å²) in [7, 11) is 0. The maximum atomic E-state index is 12.4. The fourth-order valence-electron chi connectivity index (χ4n) is 4.62. The summed E-state index contributed by atoms with van der Waals surface area (Å²) in [6, 6.07) is 0.417. The number of nitrogens with zero attached hydrogens (tertiary/aromatic N) is 1. The van der Waals surface area contributed by atoms with Crippen LogP contribution in [0.1, 0.15) is 46.5 Å². The first kappa shape index (κ1) is 15.3.